The number of rotatable bonds is 9. The van der Waals surface area contributed by atoms with Crippen molar-refractivity contribution in [2.75, 3.05) is 7.11 Å². The molecule has 0 bridgehead atoms. The Bertz CT molecular complexity index is 1030. The normalized spacial score (nSPS) is 14.2. The zero-order valence-electron chi connectivity index (χ0n) is 16.8. The van der Waals surface area contributed by atoms with Crippen molar-refractivity contribution < 1.29 is 9.53 Å². The number of carbonyl (C=O) groups is 1. The van der Waals surface area contributed by atoms with Crippen LogP contribution in [0.15, 0.2) is 72.4 Å². The summed E-state index contributed by atoms with van der Waals surface area (Å²) < 4.78 is 7.47. The van der Waals surface area contributed by atoms with Crippen molar-refractivity contribution in [3.8, 4) is 17.1 Å². The van der Waals surface area contributed by atoms with Crippen LogP contribution in [0.4, 0.5) is 0 Å². The lowest BCUT2D eigenvalue weighted by Gasteiger charge is -2.17. The molecule has 2 aromatic carbocycles. The fourth-order valence-corrected chi connectivity index (χ4v) is 4.26. The number of nitrogens with one attached hydrogen (secondary N) is 1. The molecule has 4 rings (SSSR count). The molecular weight excluding hydrogens is 396 g/mol. The van der Waals surface area contributed by atoms with Crippen LogP contribution in [0.25, 0.3) is 11.4 Å². The van der Waals surface area contributed by atoms with Crippen molar-refractivity contribution in [1.82, 2.24) is 20.1 Å². The largest absolute Gasteiger partial charge is 0.496 e. The number of ether oxygens (including phenoxy) is 1. The van der Waals surface area contributed by atoms with Gasteiger partial charge in [0, 0.05) is 12.6 Å². The first-order valence-corrected chi connectivity index (χ1v) is 10.8. The summed E-state index contributed by atoms with van der Waals surface area (Å²) in [5, 5.41) is 12.2. The molecule has 1 heterocycles. The average molecular weight is 421 g/mol. The number of thioether (sulfide) groups is 1. The van der Waals surface area contributed by atoms with Gasteiger partial charge in [-0.25, -0.2) is 0 Å². The third kappa shape index (κ3) is 4.41. The van der Waals surface area contributed by atoms with E-state index in [1.807, 2.05) is 59.2 Å². The molecule has 6 nitrogen and oxygen atoms in total. The highest BCUT2D eigenvalue weighted by Crippen LogP contribution is 2.38. The van der Waals surface area contributed by atoms with E-state index >= 15 is 0 Å². The number of hydrogen-bond acceptors (Lipinski definition) is 5. The van der Waals surface area contributed by atoms with Crippen LogP contribution in [0.1, 0.15) is 23.7 Å². The lowest BCUT2D eigenvalue weighted by molar-refractivity contribution is -0.120. The third-order valence-corrected chi connectivity index (χ3v) is 6.10. The third-order valence-electron chi connectivity index (χ3n) is 4.86. The van der Waals surface area contributed by atoms with Crippen LogP contribution in [0.2, 0.25) is 0 Å². The van der Waals surface area contributed by atoms with Gasteiger partial charge in [-0.05, 0) is 30.5 Å². The van der Waals surface area contributed by atoms with Crippen molar-refractivity contribution in [2.45, 2.75) is 35.8 Å². The molecule has 0 spiro atoms. The van der Waals surface area contributed by atoms with E-state index in [1.54, 1.807) is 13.2 Å². The minimum Gasteiger partial charge on any atom is -0.496 e. The van der Waals surface area contributed by atoms with E-state index in [0.717, 1.165) is 29.7 Å². The van der Waals surface area contributed by atoms with Crippen LogP contribution in [-0.2, 0) is 11.3 Å². The maximum atomic E-state index is 13.0. The highest BCUT2D eigenvalue weighted by molar-refractivity contribution is 8.00. The molecule has 0 radical (unpaired) electrons. The van der Waals surface area contributed by atoms with Gasteiger partial charge in [-0.15, -0.1) is 16.8 Å². The van der Waals surface area contributed by atoms with Crippen molar-refractivity contribution in [3.63, 3.8) is 0 Å². The fraction of sp³-hybridized carbons (Fsp3) is 0.261. The number of methoxy groups -OCH3 is 1. The predicted molar refractivity (Wildman–Crippen MR) is 118 cm³/mol. The number of amides is 1. The summed E-state index contributed by atoms with van der Waals surface area (Å²) in [4.78, 5) is 13.0. The first-order chi connectivity index (χ1) is 14.7. The molecule has 1 saturated carbocycles. The van der Waals surface area contributed by atoms with E-state index in [1.165, 1.54) is 11.8 Å². The van der Waals surface area contributed by atoms with Gasteiger partial charge in [0.05, 0.1) is 12.7 Å². The summed E-state index contributed by atoms with van der Waals surface area (Å²) >= 11 is 1.40. The Hall–Kier alpha value is -3.06. The van der Waals surface area contributed by atoms with Crippen LogP contribution in [0.3, 0.4) is 0 Å². The monoisotopic (exact) mass is 420 g/mol. The number of nitrogens with zero attached hydrogens (tertiary/aromatic N) is 3. The van der Waals surface area contributed by atoms with E-state index in [2.05, 4.69) is 22.1 Å². The van der Waals surface area contributed by atoms with E-state index in [-0.39, 0.29) is 5.91 Å². The highest BCUT2D eigenvalue weighted by Gasteiger charge is 2.30. The average Bonchev–Trinajstić information content (AvgIpc) is 3.51. The Morgan fingerprint density at radius 2 is 1.97 bits per heavy atom. The molecule has 0 saturated heterocycles. The summed E-state index contributed by atoms with van der Waals surface area (Å²) in [6.45, 7) is 4.40. The van der Waals surface area contributed by atoms with Gasteiger partial charge < -0.3 is 10.1 Å². The van der Waals surface area contributed by atoms with Gasteiger partial charge in [0.25, 0.3) is 0 Å². The molecule has 0 aliphatic heterocycles. The Kier molecular flexibility index (Phi) is 6.18. The van der Waals surface area contributed by atoms with Crippen LogP contribution in [0, 0.1) is 0 Å². The molecule has 1 amide bonds. The second-order valence-corrected chi connectivity index (χ2v) is 8.17. The molecule has 1 N–H and O–H groups in total. The van der Waals surface area contributed by atoms with Gasteiger partial charge in [0.1, 0.15) is 11.0 Å². The van der Waals surface area contributed by atoms with Gasteiger partial charge in [-0.3, -0.25) is 9.36 Å². The minimum atomic E-state index is -0.412. The smallest absolute Gasteiger partial charge is 0.238 e. The second kappa shape index (κ2) is 9.17. The van der Waals surface area contributed by atoms with Crippen molar-refractivity contribution in [1.29, 1.82) is 0 Å². The molecule has 1 atom stereocenters. The van der Waals surface area contributed by atoms with Crippen molar-refractivity contribution >= 4 is 17.7 Å². The molecule has 1 aliphatic rings. The van der Waals surface area contributed by atoms with E-state index in [9.17, 15) is 4.79 Å². The first-order valence-electron chi connectivity index (χ1n) is 9.90. The summed E-state index contributed by atoms with van der Waals surface area (Å²) in [5.41, 5.74) is 1.78. The Labute approximate surface area is 180 Å². The predicted octanol–water partition coefficient (Wildman–Crippen LogP) is 4.25. The zero-order valence-corrected chi connectivity index (χ0v) is 17.6. The van der Waals surface area contributed by atoms with Gasteiger partial charge in [0.15, 0.2) is 11.0 Å². The van der Waals surface area contributed by atoms with Gasteiger partial charge >= 0.3 is 0 Å². The van der Waals surface area contributed by atoms with Gasteiger partial charge in [0.2, 0.25) is 5.91 Å². The van der Waals surface area contributed by atoms with Crippen LogP contribution < -0.4 is 10.1 Å². The molecule has 1 aliphatic carbocycles. The maximum Gasteiger partial charge on any atom is 0.238 e. The van der Waals surface area contributed by atoms with Gasteiger partial charge in [-0.1, -0.05) is 60.3 Å². The topological polar surface area (TPSA) is 69.0 Å². The summed E-state index contributed by atoms with van der Waals surface area (Å²) in [6.07, 6.45) is 3.89. The molecular formula is C23H24N4O2S. The molecule has 7 heteroatoms. The maximum absolute atomic E-state index is 13.0. The lowest BCUT2D eigenvalue weighted by atomic mass is 10.1. The van der Waals surface area contributed by atoms with Crippen molar-refractivity contribution in [2.24, 2.45) is 0 Å². The lowest BCUT2D eigenvalue weighted by Crippen LogP contribution is -2.30. The number of aromatic nitrogens is 3. The Balaban J connectivity index is 1.70. The number of allylic oxidation sites excluding steroid dienone is 1. The molecule has 1 aromatic heterocycles. The van der Waals surface area contributed by atoms with Crippen molar-refractivity contribution in [3.05, 3.63) is 72.8 Å². The number of benzene rings is 2. The highest BCUT2D eigenvalue weighted by atomic mass is 32.2. The van der Waals surface area contributed by atoms with E-state index in [0.29, 0.717) is 23.6 Å². The number of carbonyl (C=O) groups excluding carboxylic acids is 1. The summed E-state index contributed by atoms with van der Waals surface area (Å²) in [5.74, 6) is 1.41. The summed E-state index contributed by atoms with van der Waals surface area (Å²) in [7, 11) is 1.64. The molecule has 0 unspecified atom stereocenters. The summed E-state index contributed by atoms with van der Waals surface area (Å²) in [6, 6.07) is 17.8. The first kappa shape index (κ1) is 20.2. The molecule has 1 fully saturated rings. The molecule has 3 aromatic rings. The zero-order chi connectivity index (χ0) is 20.9. The quantitative estimate of drug-likeness (QED) is 0.414. The minimum absolute atomic E-state index is 0.000643. The van der Waals surface area contributed by atoms with Gasteiger partial charge in [-0.2, -0.15) is 0 Å². The fourth-order valence-electron chi connectivity index (χ4n) is 3.21. The van der Waals surface area contributed by atoms with Crippen LogP contribution >= 0.6 is 11.8 Å². The number of hydrogen-bond donors (Lipinski definition) is 1. The SMILES string of the molecule is C=CCn1c(S[C@H](C(=O)NC2CC2)c2ccccc2)nnc1-c1ccccc1OC. The Morgan fingerprint density at radius 1 is 1.23 bits per heavy atom. The number of para-hydroxylation sites is 1. The molecule has 30 heavy (non-hydrogen) atoms. The van der Waals surface area contributed by atoms with E-state index in [4.69, 9.17) is 4.74 Å². The second-order valence-electron chi connectivity index (χ2n) is 7.10. The van der Waals surface area contributed by atoms with Crippen LogP contribution in [0.5, 0.6) is 5.75 Å². The van der Waals surface area contributed by atoms with Crippen LogP contribution in [-0.4, -0.2) is 33.8 Å². The Morgan fingerprint density at radius 3 is 2.67 bits per heavy atom. The molecule has 154 valence electrons. The van der Waals surface area contributed by atoms with E-state index < -0.39 is 5.25 Å². The standard InChI is InChI=1S/C23H24N4O2S/c1-3-15-27-21(18-11-7-8-12-19(18)29-2)25-26-23(27)30-20(16-9-5-4-6-10-16)22(28)24-17-13-14-17/h3-12,17,20H,1,13-15H2,2H3,(H,24,28)/t20-/m0/s1.